The van der Waals surface area contributed by atoms with Crippen LogP contribution in [-0.4, -0.2) is 13.2 Å². The Morgan fingerprint density at radius 2 is 1.56 bits per heavy atom. The van der Waals surface area contributed by atoms with Crippen LogP contribution in [0.15, 0.2) is 60.7 Å². The molecule has 0 saturated carbocycles. The molecule has 0 radical (unpaired) electrons. The van der Waals surface area contributed by atoms with Crippen LogP contribution in [0.1, 0.15) is 12.5 Å². The van der Waals surface area contributed by atoms with Gasteiger partial charge in [0.2, 0.25) is 0 Å². The lowest BCUT2D eigenvalue weighted by atomic mass is 10.1. The molecule has 5 rings (SSSR count). The van der Waals surface area contributed by atoms with Gasteiger partial charge in [-0.05, 0) is 37.6 Å². The molecule has 0 aliphatic carbocycles. The minimum Gasteiger partial charge on any atom is -0.353 e. The summed E-state index contributed by atoms with van der Waals surface area (Å²) < 4.78 is 2.75. The number of aryl methyl sites for hydroxylation is 1. The minimum absolute atomic E-state index is 0.298. The SMILES string of the molecule is Cc1ccc2c(sc3ccccc32)c1N1c2ccccc2N(C)[C@@H]1C. The maximum Gasteiger partial charge on any atom is 0.103 e. The highest BCUT2D eigenvalue weighted by Gasteiger charge is 2.33. The molecular formula is C22H20N2S. The second-order valence-electron chi connectivity index (χ2n) is 6.81. The Bertz CT molecular complexity index is 1110. The molecule has 25 heavy (non-hydrogen) atoms. The third-order valence-corrected chi connectivity index (χ3v) is 6.61. The number of nitrogens with zero attached hydrogens (tertiary/aromatic N) is 2. The predicted molar refractivity (Wildman–Crippen MR) is 111 cm³/mol. The van der Waals surface area contributed by atoms with Gasteiger partial charge in [0.25, 0.3) is 0 Å². The molecule has 1 aromatic heterocycles. The molecule has 0 spiro atoms. The quantitative estimate of drug-likeness (QED) is 0.400. The van der Waals surface area contributed by atoms with Crippen molar-refractivity contribution in [3.63, 3.8) is 0 Å². The van der Waals surface area contributed by atoms with E-state index in [0.717, 1.165) is 0 Å². The normalized spacial score (nSPS) is 16.8. The molecule has 0 bridgehead atoms. The molecule has 2 heterocycles. The summed E-state index contributed by atoms with van der Waals surface area (Å²) in [6.07, 6.45) is 0.298. The fourth-order valence-corrected chi connectivity index (χ4v) is 5.32. The Kier molecular flexibility index (Phi) is 3.10. The maximum atomic E-state index is 2.50. The van der Waals surface area contributed by atoms with E-state index in [-0.39, 0.29) is 0 Å². The van der Waals surface area contributed by atoms with Gasteiger partial charge in [-0.2, -0.15) is 0 Å². The summed E-state index contributed by atoms with van der Waals surface area (Å²) >= 11 is 1.91. The van der Waals surface area contributed by atoms with Crippen molar-refractivity contribution >= 4 is 48.6 Å². The van der Waals surface area contributed by atoms with Gasteiger partial charge in [0.05, 0.1) is 21.8 Å². The molecule has 1 aliphatic heterocycles. The summed E-state index contributed by atoms with van der Waals surface area (Å²) in [6, 6.07) is 22.0. The number of anilines is 3. The first-order valence-corrected chi connectivity index (χ1v) is 9.50. The molecule has 3 aromatic carbocycles. The van der Waals surface area contributed by atoms with E-state index in [9.17, 15) is 0 Å². The fraction of sp³-hybridized carbons (Fsp3) is 0.182. The van der Waals surface area contributed by atoms with Crippen molar-refractivity contribution in [2.75, 3.05) is 16.8 Å². The molecule has 4 aromatic rings. The average molecular weight is 344 g/mol. The van der Waals surface area contributed by atoms with Gasteiger partial charge < -0.3 is 9.80 Å². The van der Waals surface area contributed by atoms with Gasteiger partial charge in [0.15, 0.2) is 0 Å². The van der Waals surface area contributed by atoms with Crippen molar-refractivity contribution in [3.05, 3.63) is 66.2 Å². The monoisotopic (exact) mass is 344 g/mol. The summed E-state index contributed by atoms with van der Waals surface area (Å²) in [5.41, 5.74) is 5.28. The van der Waals surface area contributed by atoms with E-state index < -0.39 is 0 Å². The summed E-state index contributed by atoms with van der Waals surface area (Å²) in [5, 5.41) is 2.72. The van der Waals surface area contributed by atoms with Gasteiger partial charge in [-0.1, -0.05) is 42.5 Å². The average Bonchev–Trinajstić information content (AvgIpc) is 3.12. The lowest BCUT2D eigenvalue weighted by Crippen LogP contribution is -2.35. The summed E-state index contributed by atoms with van der Waals surface area (Å²) in [5.74, 6) is 0. The Balaban J connectivity index is 1.85. The zero-order valence-corrected chi connectivity index (χ0v) is 15.5. The molecule has 3 heteroatoms. The first kappa shape index (κ1) is 14.8. The Labute approximate surface area is 151 Å². The first-order valence-electron chi connectivity index (χ1n) is 8.69. The number of fused-ring (bicyclic) bond motifs is 4. The number of thiophene rings is 1. The van der Waals surface area contributed by atoms with E-state index in [2.05, 4.69) is 91.4 Å². The highest BCUT2D eigenvalue weighted by atomic mass is 32.1. The van der Waals surface area contributed by atoms with Crippen LogP contribution in [0.4, 0.5) is 17.1 Å². The first-order chi connectivity index (χ1) is 12.2. The van der Waals surface area contributed by atoms with Gasteiger partial charge in [-0.3, -0.25) is 0 Å². The third-order valence-electron chi connectivity index (χ3n) is 5.42. The van der Waals surface area contributed by atoms with Crippen LogP contribution in [0.2, 0.25) is 0 Å². The van der Waals surface area contributed by atoms with E-state index >= 15 is 0 Å². The highest BCUT2D eigenvalue weighted by Crippen LogP contribution is 2.49. The molecule has 0 saturated heterocycles. The lowest BCUT2D eigenvalue weighted by Gasteiger charge is -2.29. The molecule has 0 N–H and O–H groups in total. The minimum atomic E-state index is 0.298. The van der Waals surface area contributed by atoms with Crippen molar-refractivity contribution in [1.82, 2.24) is 0 Å². The molecule has 0 unspecified atom stereocenters. The summed E-state index contributed by atoms with van der Waals surface area (Å²) in [6.45, 7) is 4.51. The van der Waals surface area contributed by atoms with Crippen LogP contribution in [0.25, 0.3) is 20.2 Å². The molecule has 0 fully saturated rings. The van der Waals surface area contributed by atoms with Crippen LogP contribution in [0.3, 0.4) is 0 Å². The van der Waals surface area contributed by atoms with Crippen molar-refractivity contribution in [1.29, 1.82) is 0 Å². The predicted octanol–water partition coefficient (Wildman–Crippen LogP) is 6.30. The Morgan fingerprint density at radius 3 is 2.40 bits per heavy atom. The van der Waals surface area contributed by atoms with Gasteiger partial charge in [-0.15, -0.1) is 11.3 Å². The number of benzene rings is 3. The molecule has 124 valence electrons. The lowest BCUT2D eigenvalue weighted by molar-refractivity contribution is 0.734. The molecule has 2 nitrogen and oxygen atoms in total. The van der Waals surface area contributed by atoms with Gasteiger partial charge in [-0.25, -0.2) is 0 Å². The number of hydrogen-bond acceptors (Lipinski definition) is 3. The molecule has 1 aliphatic rings. The van der Waals surface area contributed by atoms with Crippen LogP contribution in [0.5, 0.6) is 0 Å². The van der Waals surface area contributed by atoms with Gasteiger partial charge in [0, 0.05) is 22.5 Å². The van der Waals surface area contributed by atoms with Crippen LogP contribution in [0, 0.1) is 6.92 Å². The fourth-order valence-electron chi connectivity index (χ4n) is 4.02. The van der Waals surface area contributed by atoms with E-state index in [1.165, 1.54) is 42.8 Å². The molecule has 0 amide bonds. The maximum absolute atomic E-state index is 2.50. The standard InChI is InChI=1S/C22H20N2S/c1-14-12-13-17-16-8-4-7-11-20(16)25-22(17)21(14)24-15(2)23(3)18-9-5-6-10-19(18)24/h4-13,15H,1-3H3/t15-/m0/s1. The Morgan fingerprint density at radius 1 is 0.840 bits per heavy atom. The number of rotatable bonds is 1. The van der Waals surface area contributed by atoms with Crippen molar-refractivity contribution in [2.45, 2.75) is 20.0 Å². The van der Waals surface area contributed by atoms with Crippen LogP contribution in [-0.2, 0) is 0 Å². The van der Waals surface area contributed by atoms with E-state index in [1.54, 1.807) is 0 Å². The Hall–Kier alpha value is -2.52. The summed E-state index contributed by atoms with van der Waals surface area (Å²) in [7, 11) is 2.18. The number of hydrogen-bond donors (Lipinski definition) is 0. The van der Waals surface area contributed by atoms with E-state index in [1.807, 2.05) is 11.3 Å². The highest BCUT2D eigenvalue weighted by molar-refractivity contribution is 7.26. The zero-order valence-electron chi connectivity index (χ0n) is 14.7. The van der Waals surface area contributed by atoms with Crippen molar-refractivity contribution in [2.24, 2.45) is 0 Å². The molecule has 1 atom stereocenters. The van der Waals surface area contributed by atoms with Gasteiger partial charge in [0.1, 0.15) is 6.17 Å². The zero-order chi connectivity index (χ0) is 17.1. The topological polar surface area (TPSA) is 6.48 Å². The second-order valence-corrected chi connectivity index (χ2v) is 7.86. The van der Waals surface area contributed by atoms with Crippen molar-refractivity contribution < 1.29 is 0 Å². The van der Waals surface area contributed by atoms with E-state index in [4.69, 9.17) is 0 Å². The molecular weight excluding hydrogens is 324 g/mol. The van der Waals surface area contributed by atoms with E-state index in [0.29, 0.717) is 6.17 Å². The van der Waals surface area contributed by atoms with Gasteiger partial charge >= 0.3 is 0 Å². The smallest absolute Gasteiger partial charge is 0.103 e. The number of para-hydroxylation sites is 2. The van der Waals surface area contributed by atoms with Crippen LogP contribution < -0.4 is 9.80 Å². The second kappa shape index (κ2) is 5.24. The largest absolute Gasteiger partial charge is 0.353 e. The summed E-state index contributed by atoms with van der Waals surface area (Å²) in [4.78, 5) is 4.86. The van der Waals surface area contributed by atoms with Crippen molar-refractivity contribution in [3.8, 4) is 0 Å². The van der Waals surface area contributed by atoms with Crippen LogP contribution >= 0.6 is 11.3 Å². The third kappa shape index (κ3) is 1.96.